The topological polar surface area (TPSA) is 126 Å². The van der Waals surface area contributed by atoms with Crippen molar-refractivity contribution in [2.45, 2.75) is 61.8 Å². The number of aromatic amines is 1. The number of aryl methyl sites for hydroxylation is 1. The highest BCUT2D eigenvalue weighted by molar-refractivity contribution is 8.00. The van der Waals surface area contributed by atoms with E-state index < -0.39 is 5.97 Å². The fourth-order valence-electron chi connectivity index (χ4n) is 8.35. The zero-order chi connectivity index (χ0) is 31.4. The Labute approximate surface area is 269 Å². The molecule has 1 aromatic heterocycles. The minimum absolute atomic E-state index is 0.0320. The monoisotopic (exact) mass is 648 g/mol. The van der Waals surface area contributed by atoms with Gasteiger partial charge in [-0.15, -0.1) is 11.8 Å². The van der Waals surface area contributed by atoms with Gasteiger partial charge in [-0.2, -0.15) is 0 Å². The zero-order valence-corrected chi connectivity index (χ0v) is 26.8. The van der Waals surface area contributed by atoms with E-state index in [1.54, 1.807) is 18.9 Å². The first kappa shape index (κ1) is 30.1. The average molecular weight is 649 g/mol. The molecule has 11 heteroatoms. The maximum absolute atomic E-state index is 13.8. The second-order valence-corrected chi connectivity index (χ2v) is 14.9. The number of carboxylic acids is 1. The number of imide groups is 1. The number of nitrogens with zero attached hydrogens (tertiary/aromatic N) is 1. The van der Waals surface area contributed by atoms with Crippen molar-refractivity contribution in [3.8, 4) is 11.5 Å². The van der Waals surface area contributed by atoms with Gasteiger partial charge in [-0.1, -0.05) is 53.7 Å². The summed E-state index contributed by atoms with van der Waals surface area (Å²) >= 11 is 2.90. The van der Waals surface area contributed by atoms with Crippen LogP contribution < -0.4 is 14.3 Å². The number of hydrogen-bond donors (Lipinski definition) is 2. The van der Waals surface area contributed by atoms with Crippen molar-refractivity contribution in [1.29, 1.82) is 0 Å². The highest BCUT2D eigenvalue weighted by Gasteiger charge is 2.69. The zero-order valence-electron chi connectivity index (χ0n) is 25.2. The molecular formula is C34H36N2O7S2. The first-order valence-corrected chi connectivity index (χ1v) is 17.3. The number of fused-ring (bicyclic) bond motifs is 9. The fraction of sp³-hybridized carbons (Fsp3) is 0.471. The molecule has 2 saturated carbocycles. The van der Waals surface area contributed by atoms with Gasteiger partial charge in [-0.25, -0.2) is 0 Å². The Morgan fingerprint density at radius 3 is 2.58 bits per heavy atom. The van der Waals surface area contributed by atoms with E-state index in [0.717, 1.165) is 27.5 Å². The number of hydrogen-bond acceptors (Lipinski definition) is 8. The number of rotatable bonds is 11. The molecule has 6 unspecified atom stereocenters. The molecule has 7 rings (SSSR count). The number of H-pyrrole nitrogens is 1. The molecule has 0 spiro atoms. The van der Waals surface area contributed by atoms with Gasteiger partial charge in [0, 0.05) is 29.0 Å². The van der Waals surface area contributed by atoms with E-state index in [2.05, 4.69) is 11.1 Å². The van der Waals surface area contributed by atoms with E-state index in [1.165, 1.54) is 21.8 Å². The number of thioether (sulfide) groups is 1. The number of methoxy groups -OCH3 is 1. The first-order chi connectivity index (χ1) is 21.7. The lowest BCUT2D eigenvalue weighted by atomic mass is 9.68. The third-order valence-electron chi connectivity index (χ3n) is 10.1. The number of unbranched alkanes of at least 4 members (excludes halogenated alkanes) is 2. The summed E-state index contributed by atoms with van der Waals surface area (Å²) in [5.41, 5.74) is 3.24. The number of aliphatic carboxylic acids is 1. The Bertz CT molecular complexity index is 1720. The van der Waals surface area contributed by atoms with Gasteiger partial charge in [-0.05, 0) is 67.2 Å². The van der Waals surface area contributed by atoms with Gasteiger partial charge < -0.3 is 19.6 Å². The minimum Gasteiger partial charge on any atom is -0.493 e. The lowest BCUT2D eigenvalue weighted by Crippen LogP contribution is -2.42. The summed E-state index contributed by atoms with van der Waals surface area (Å²) < 4.78 is 12.0. The fourth-order valence-corrected chi connectivity index (χ4v) is 11.2. The standard InChI is InChI=1S/C34H36N2O7S2/c1-17-7-6-8-18(13-17)16-43-22-11-10-19(14-23(22)42-2)25-26-20-15-21(29(26)44-31-30(25)45-34(41)35-31)28-27(20)32(39)36(33(28)40)12-5-3-4-9-24(37)38/h6-8,10-11,13-14,20-21,25-29H,3-5,9,12,15-16H2,1-2H3,(H,35,41)(H,37,38)/t20?,21?,25-,26?,27?,28?,29?/m1/s1. The maximum Gasteiger partial charge on any atom is 0.305 e. The molecule has 2 aliphatic heterocycles. The van der Waals surface area contributed by atoms with Crippen LogP contribution in [-0.2, 0) is 21.0 Å². The predicted octanol–water partition coefficient (Wildman–Crippen LogP) is 5.45. The smallest absolute Gasteiger partial charge is 0.305 e. The largest absolute Gasteiger partial charge is 0.493 e. The van der Waals surface area contributed by atoms with Gasteiger partial charge in [0.15, 0.2) is 11.5 Å². The molecule has 9 nitrogen and oxygen atoms in total. The van der Waals surface area contributed by atoms with Crippen LogP contribution >= 0.6 is 23.1 Å². The number of aromatic nitrogens is 1. The van der Waals surface area contributed by atoms with Crippen molar-refractivity contribution < 1.29 is 29.0 Å². The molecule has 45 heavy (non-hydrogen) atoms. The molecule has 2 N–H and O–H groups in total. The summed E-state index contributed by atoms with van der Waals surface area (Å²) in [4.78, 5) is 56.3. The van der Waals surface area contributed by atoms with Gasteiger partial charge in [0.2, 0.25) is 11.8 Å². The summed E-state index contributed by atoms with van der Waals surface area (Å²) in [6, 6.07) is 14.2. The molecule has 3 fully saturated rings. The molecule has 2 aliphatic carbocycles. The number of thiazole rings is 1. The van der Waals surface area contributed by atoms with Crippen LogP contribution in [0, 0.1) is 36.5 Å². The van der Waals surface area contributed by atoms with E-state index in [1.807, 2.05) is 43.3 Å². The minimum atomic E-state index is -0.832. The predicted molar refractivity (Wildman–Crippen MR) is 170 cm³/mol. The summed E-state index contributed by atoms with van der Waals surface area (Å²) in [6.45, 7) is 2.80. The molecule has 2 aromatic carbocycles. The molecule has 3 heterocycles. The van der Waals surface area contributed by atoms with Crippen LogP contribution in [0.15, 0.2) is 52.3 Å². The Morgan fingerprint density at radius 1 is 1.02 bits per heavy atom. The SMILES string of the molecule is COc1cc([C@H]2c3sc(=O)[nH]c3SC3C4CC(C5C(=O)N(CCCCCC(=O)O)C(=O)C45)C32)ccc1OCc1cccc(C)c1. The van der Waals surface area contributed by atoms with Crippen molar-refractivity contribution >= 4 is 40.9 Å². The molecule has 4 aliphatic rings. The van der Waals surface area contributed by atoms with Crippen LogP contribution in [0.25, 0.3) is 0 Å². The number of nitrogens with one attached hydrogen (secondary N) is 1. The molecule has 7 atom stereocenters. The van der Waals surface area contributed by atoms with Crippen molar-refractivity contribution in [3.05, 3.63) is 73.7 Å². The van der Waals surface area contributed by atoms with E-state index in [9.17, 15) is 19.2 Å². The Kier molecular flexibility index (Phi) is 8.02. The second-order valence-electron chi connectivity index (χ2n) is 12.7. The Morgan fingerprint density at radius 2 is 1.82 bits per heavy atom. The number of likely N-dealkylation sites (tertiary alicyclic amines) is 1. The van der Waals surface area contributed by atoms with Crippen LogP contribution in [0.5, 0.6) is 11.5 Å². The lowest BCUT2D eigenvalue weighted by Gasteiger charge is -2.43. The molecule has 2 amide bonds. The van der Waals surface area contributed by atoms with Crippen molar-refractivity contribution in [3.63, 3.8) is 0 Å². The third-order valence-corrected chi connectivity index (χ3v) is 12.7. The van der Waals surface area contributed by atoms with Crippen LogP contribution in [-0.4, -0.2) is 51.7 Å². The van der Waals surface area contributed by atoms with Crippen LogP contribution in [0.2, 0.25) is 0 Å². The van der Waals surface area contributed by atoms with Gasteiger partial charge in [-0.3, -0.25) is 24.1 Å². The van der Waals surface area contributed by atoms with E-state index in [4.69, 9.17) is 14.6 Å². The molecule has 2 bridgehead atoms. The van der Waals surface area contributed by atoms with Crippen LogP contribution in [0.1, 0.15) is 59.6 Å². The van der Waals surface area contributed by atoms with Crippen molar-refractivity contribution in [2.24, 2.45) is 29.6 Å². The summed E-state index contributed by atoms with van der Waals surface area (Å²) in [5.74, 6) is -0.341. The number of carbonyl (C=O) groups excluding carboxylic acids is 2. The average Bonchev–Trinajstić information content (AvgIpc) is 3.75. The summed E-state index contributed by atoms with van der Waals surface area (Å²) in [5, 5.41) is 9.89. The molecule has 0 radical (unpaired) electrons. The summed E-state index contributed by atoms with van der Waals surface area (Å²) in [6.07, 6.45) is 2.73. The summed E-state index contributed by atoms with van der Waals surface area (Å²) in [7, 11) is 1.62. The number of benzene rings is 2. The second kappa shape index (κ2) is 12.0. The van der Waals surface area contributed by atoms with E-state index in [0.29, 0.717) is 43.9 Å². The van der Waals surface area contributed by atoms with Crippen LogP contribution in [0.3, 0.4) is 0 Å². The van der Waals surface area contributed by atoms with Gasteiger partial charge >= 0.3 is 10.8 Å². The first-order valence-electron chi connectivity index (χ1n) is 15.6. The third kappa shape index (κ3) is 5.27. The quantitative estimate of drug-likeness (QED) is 0.208. The van der Waals surface area contributed by atoms with Gasteiger partial charge in [0.1, 0.15) is 6.61 Å². The molecular weight excluding hydrogens is 613 g/mol. The van der Waals surface area contributed by atoms with Crippen molar-refractivity contribution in [2.75, 3.05) is 13.7 Å². The molecule has 1 saturated heterocycles. The molecule has 236 valence electrons. The lowest BCUT2D eigenvalue weighted by molar-refractivity contribution is -0.141. The number of carboxylic acid groups (broad SMARTS) is 1. The normalized spacial score (nSPS) is 27.8. The van der Waals surface area contributed by atoms with Crippen LogP contribution in [0.4, 0.5) is 0 Å². The van der Waals surface area contributed by atoms with Crippen molar-refractivity contribution in [1.82, 2.24) is 9.88 Å². The highest BCUT2D eigenvalue weighted by Crippen LogP contribution is 2.68. The van der Waals surface area contributed by atoms with Gasteiger partial charge in [0.05, 0.1) is 24.0 Å². The number of amides is 2. The Hall–Kier alpha value is -3.57. The van der Waals surface area contributed by atoms with E-state index in [-0.39, 0.29) is 63.9 Å². The van der Waals surface area contributed by atoms with Gasteiger partial charge in [0.25, 0.3) is 0 Å². The molecule has 3 aromatic rings. The highest BCUT2D eigenvalue weighted by atomic mass is 32.2. The Balaban J connectivity index is 1.16. The number of carbonyl (C=O) groups is 3. The number of ether oxygens (including phenoxy) is 2. The maximum atomic E-state index is 13.8. The van der Waals surface area contributed by atoms with E-state index >= 15 is 0 Å².